The van der Waals surface area contributed by atoms with Gasteiger partial charge in [-0.15, -0.1) is 10.2 Å². The van der Waals surface area contributed by atoms with E-state index < -0.39 is 0 Å². The topological polar surface area (TPSA) is 37.8 Å². The van der Waals surface area contributed by atoms with Crippen molar-refractivity contribution in [3.8, 4) is 0 Å². The minimum atomic E-state index is 0.114. The maximum Gasteiger partial charge on any atom is 0.151 e. The van der Waals surface area contributed by atoms with Crippen molar-refractivity contribution in [2.75, 3.05) is 5.32 Å². The number of nitrogens with zero attached hydrogens (tertiary/aromatic N) is 2. The van der Waals surface area contributed by atoms with Gasteiger partial charge in [0, 0.05) is 5.54 Å². The summed E-state index contributed by atoms with van der Waals surface area (Å²) in [5.41, 5.74) is 0.114. The van der Waals surface area contributed by atoms with Crippen LogP contribution in [-0.4, -0.2) is 15.7 Å². The molecule has 1 saturated carbocycles. The Labute approximate surface area is 88.9 Å². The summed E-state index contributed by atoms with van der Waals surface area (Å²) in [6.45, 7) is 4.39. The van der Waals surface area contributed by atoms with Crippen molar-refractivity contribution in [1.29, 1.82) is 0 Å². The van der Waals surface area contributed by atoms with E-state index >= 15 is 0 Å². The summed E-state index contributed by atoms with van der Waals surface area (Å²) >= 11 is 5.66. The van der Waals surface area contributed by atoms with E-state index in [1.807, 2.05) is 6.07 Å². The third-order valence-electron chi connectivity index (χ3n) is 2.68. The highest BCUT2D eigenvalue weighted by molar-refractivity contribution is 6.29. The van der Waals surface area contributed by atoms with Gasteiger partial charge in [-0.2, -0.15) is 0 Å². The van der Waals surface area contributed by atoms with Crippen molar-refractivity contribution in [3.63, 3.8) is 0 Å². The van der Waals surface area contributed by atoms with Gasteiger partial charge in [-0.3, -0.25) is 0 Å². The van der Waals surface area contributed by atoms with E-state index in [0.717, 1.165) is 11.7 Å². The van der Waals surface area contributed by atoms with Crippen molar-refractivity contribution in [2.45, 2.75) is 32.2 Å². The Bertz CT molecular complexity index is 317. The van der Waals surface area contributed by atoms with Gasteiger partial charge in [0.1, 0.15) is 5.82 Å². The Morgan fingerprint density at radius 1 is 1.36 bits per heavy atom. The van der Waals surface area contributed by atoms with Crippen LogP contribution in [0.2, 0.25) is 5.15 Å². The summed E-state index contributed by atoms with van der Waals surface area (Å²) in [6, 6.07) is 3.61. The van der Waals surface area contributed by atoms with E-state index in [2.05, 4.69) is 29.4 Å². The van der Waals surface area contributed by atoms with Gasteiger partial charge in [-0.05, 0) is 44.7 Å². The molecule has 0 unspecified atom stereocenters. The van der Waals surface area contributed by atoms with Crippen LogP contribution in [-0.2, 0) is 0 Å². The fourth-order valence-electron chi connectivity index (χ4n) is 1.62. The fraction of sp³-hybridized carbons (Fsp3) is 0.600. The fourth-order valence-corrected chi connectivity index (χ4v) is 1.72. The molecule has 0 bridgehead atoms. The van der Waals surface area contributed by atoms with E-state index in [-0.39, 0.29) is 5.54 Å². The summed E-state index contributed by atoms with van der Waals surface area (Å²) in [4.78, 5) is 0. The van der Waals surface area contributed by atoms with Gasteiger partial charge in [0.05, 0.1) is 0 Å². The van der Waals surface area contributed by atoms with E-state index in [0.29, 0.717) is 5.15 Å². The van der Waals surface area contributed by atoms with Gasteiger partial charge < -0.3 is 5.32 Å². The minimum absolute atomic E-state index is 0.114. The molecular formula is C10H14ClN3. The molecule has 0 radical (unpaired) electrons. The molecule has 0 aromatic carbocycles. The third kappa shape index (κ3) is 2.15. The number of halogens is 1. The minimum Gasteiger partial charge on any atom is -0.363 e. The molecule has 4 heteroatoms. The second kappa shape index (κ2) is 3.39. The third-order valence-corrected chi connectivity index (χ3v) is 2.88. The number of hydrogen-bond acceptors (Lipinski definition) is 3. The summed E-state index contributed by atoms with van der Waals surface area (Å²) in [5, 5.41) is 11.6. The average Bonchev–Trinajstić information content (AvgIpc) is 2.91. The molecule has 1 aliphatic carbocycles. The zero-order chi connectivity index (χ0) is 10.2. The van der Waals surface area contributed by atoms with Gasteiger partial charge in [-0.25, -0.2) is 0 Å². The van der Waals surface area contributed by atoms with E-state index in [1.54, 1.807) is 6.07 Å². The maximum atomic E-state index is 5.66. The Hall–Kier alpha value is -0.830. The van der Waals surface area contributed by atoms with Crippen LogP contribution in [0.3, 0.4) is 0 Å². The molecule has 0 spiro atoms. The van der Waals surface area contributed by atoms with E-state index in [9.17, 15) is 0 Å². The molecule has 0 atom stereocenters. The van der Waals surface area contributed by atoms with E-state index in [4.69, 9.17) is 11.6 Å². The van der Waals surface area contributed by atoms with Crippen LogP contribution in [0.4, 0.5) is 5.82 Å². The summed E-state index contributed by atoms with van der Waals surface area (Å²) in [6.07, 6.45) is 2.61. The molecule has 3 nitrogen and oxygen atoms in total. The monoisotopic (exact) mass is 211 g/mol. The molecule has 76 valence electrons. The molecule has 1 aliphatic rings. The Morgan fingerprint density at radius 2 is 2.07 bits per heavy atom. The molecule has 1 aromatic rings. The Kier molecular flexibility index (Phi) is 2.35. The zero-order valence-electron chi connectivity index (χ0n) is 8.42. The SMILES string of the molecule is CC(C)(Nc1ccc(Cl)nn1)C1CC1. The predicted molar refractivity (Wildman–Crippen MR) is 57.5 cm³/mol. The highest BCUT2D eigenvalue weighted by Gasteiger charge is 2.37. The lowest BCUT2D eigenvalue weighted by molar-refractivity contribution is 0.492. The molecule has 1 fully saturated rings. The lowest BCUT2D eigenvalue weighted by Gasteiger charge is -2.26. The standard InChI is InChI=1S/C10H14ClN3/c1-10(2,7-3-4-7)12-9-6-5-8(11)13-14-9/h5-7H,3-4H2,1-2H3,(H,12,14). The van der Waals surface area contributed by atoms with Crippen LogP contribution < -0.4 is 5.32 Å². The number of anilines is 1. The summed E-state index contributed by atoms with van der Waals surface area (Å²) in [7, 11) is 0. The normalized spacial score (nSPS) is 16.8. The first-order valence-corrected chi connectivity index (χ1v) is 5.23. The molecule has 0 aliphatic heterocycles. The van der Waals surface area contributed by atoms with Crippen molar-refractivity contribution in [2.24, 2.45) is 5.92 Å². The first-order valence-electron chi connectivity index (χ1n) is 4.85. The maximum absolute atomic E-state index is 5.66. The quantitative estimate of drug-likeness (QED) is 0.836. The Morgan fingerprint density at radius 3 is 2.57 bits per heavy atom. The zero-order valence-corrected chi connectivity index (χ0v) is 9.17. The molecule has 0 saturated heterocycles. The van der Waals surface area contributed by atoms with Crippen molar-refractivity contribution < 1.29 is 0 Å². The van der Waals surface area contributed by atoms with Crippen LogP contribution in [0.5, 0.6) is 0 Å². The van der Waals surface area contributed by atoms with Gasteiger partial charge in [0.25, 0.3) is 0 Å². The Balaban J connectivity index is 2.06. The molecule has 1 heterocycles. The van der Waals surface area contributed by atoms with Crippen molar-refractivity contribution in [3.05, 3.63) is 17.3 Å². The lowest BCUT2D eigenvalue weighted by Crippen LogP contribution is -2.33. The van der Waals surface area contributed by atoms with Crippen molar-refractivity contribution in [1.82, 2.24) is 10.2 Å². The first-order chi connectivity index (χ1) is 6.58. The number of aromatic nitrogens is 2. The highest BCUT2D eigenvalue weighted by Crippen LogP contribution is 2.40. The number of rotatable bonds is 3. The highest BCUT2D eigenvalue weighted by atomic mass is 35.5. The van der Waals surface area contributed by atoms with Gasteiger partial charge in [0.2, 0.25) is 0 Å². The molecule has 0 amide bonds. The van der Waals surface area contributed by atoms with E-state index in [1.165, 1.54) is 12.8 Å². The van der Waals surface area contributed by atoms with Crippen molar-refractivity contribution >= 4 is 17.4 Å². The predicted octanol–water partition coefficient (Wildman–Crippen LogP) is 2.73. The molecule has 2 rings (SSSR count). The summed E-state index contributed by atoms with van der Waals surface area (Å²) < 4.78 is 0. The van der Waals surface area contributed by atoms with Gasteiger partial charge in [-0.1, -0.05) is 11.6 Å². The largest absolute Gasteiger partial charge is 0.363 e. The second-order valence-corrected chi connectivity index (χ2v) is 4.75. The molecular weight excluding hydrogens is 198 g/mol. The smallest absolute Gasteiger partial charge is 0.151 e. The molecule has 1 N–H and O–H groups in total. The lowest BCUT2D eigenvalue weighted by atomic mass is 9.99. The van der Waals surface area contributed by atoms with Crippen LogP contribution in [0, 0.1) is 5.92 Å². The first kappa shape index (κ1) is 9.71. The second-order valence-electron chi connectivity index (χ2n) is 4.36. The molecule has 1 aromatic heterocycles. The van der Waals surface area contributed by atoms with Gasteiger partial charge in [0.15, 0.2) is 5.15 Å². The van der Waals surface area contributed by atoms with Crippen LogP contribution in [0.15, 0.2) is 12.1 Å². The van der Waals surface area contributed by atoms with Crippen LogP contribution in [0.25, 0.3) is 0 Å². The number of nitrogens with one attached hydrogen (secondary N) is 1. The summed E-state index contributed by atoms with van der Waals surface area (Å²) in [5.74, 6) is 1.56. The van der Waals surface area contributed by atoms with Crippen LogP contribution in [0.1, 0.15) is 26.7 Å². The number of hydrogen-bond donors (Lipinski definition) is 1. The average molecular weight is 212 g/mol. The molecule has 14 heavy (non-hydrogen) atoms. The van der Waals surface area contributed by atoms with Gasteiger partial charge >= 0.3 is 0 Å². The van der Waals surface area contributed by atoms with Crippen LogP contribution >= 0.6 is 11.6 Å².